The summed E-state index contributed by atoms with van der Waals surface area (Å²) in [6.07, 6.45) is 2.23. The molecule has 1 heterocycles. The fourth-order valence-electron chi connectivity index (χ4n) is 4.06. The number of rotatable bonds is 11. The van der Waals surface area contributed by atoms with Crippen LogP contribution in [0.5, 0.6) is 11.5 Å². The Morgan fingerprint density at radius 3 is 2.29 bits per heavy atom. The first-order valence-electron chi connectivity index (χ1n) is 11.4. The SMILES string of the molecule is C=CC1(CCC(c2ccc(OC)c(OC)c2)C([N+](=O)[O-])[Se](=O)c2ccccc2)OCC(C)(C)CO1. The van der Waals surface area contributed by atoms with Crippen molar-refractivity contribution < 1.29 is 27.7 Å². The minimum atomic E-state index is -3.09. The average Bonchev–Trinajstić information content (AvgIpc) is 2.87. The van der Waals surface area contributed by atoms with Crippen LogP contribution in [0, 0.1) is 15.5 Å². The van der Waals surface area contributed by atoms with Gasteiger partial charge in [-0.3, -0.25) is 0 Å². The Morgan fingerprint density at radius 2 is 1.74 bits per heavy atom. The van der Waals surface area contributed by atoms with Crippen molar-refractivity contribution in [3.8, 4) is 11.5 Å². The van der Waals surface area contributed by atoms with Gasteiger partial charge in [0.05, 0.1) is 0 Å². The zero-order valence-corrected chi connectivity index (χ0v) is 22.3. The molecule has 0 aliphatic carbocycles. The molecule has 35 heavy (non-hydrogen) atoms. The summed E-state index contributed by atoms with van der Waals surface area (Å²) in [6.45, 7) is 8.93. The van der Waals surface area contributed by atoms with Crippen molar-refractivity contribution in [3.63, 3.8) is 0 Å². The van der Waals surface area contributed by atoms with Gasteiger partial charge in [0.25, 0.3) is 0 Å². The zero-order valence-electron chi connectivity index (χ0n) is 20.6. The van der Waals surface area contributed by atoms with E-state index in [0.29, 0.717) is 47.6 Å². The summed E-state index contributed by atoms with van der Waals surface area (Å²) in [4.78, 5) is 10.7. The van der Waals surface area contributed by atoms with Gasteiger partial charge in [-0.25, -0.2) is 0 Å². The molecule has 9 heteroatoms. The standard InChI is InChI=1S/C26H33NO7Se/c1-6-26(33-17-25(2,3)18-34-26)15-14-21(19-12-13-22(31-4)23(16-19)32-5)24(27(28)29)35(30)20-10-8-7-9-11-20/h6-13,16,21,24H,1,14-15,17-18H2,2-5H3. The van der Waals surface area contributed by atoms with Crippen LogP contribution in [0.25, 0.3) is 0 Å². The molecule has 3 atom stereocenters. The van der Waals surface area contributed by atoms with E-state index in [1.54, 1.807) is 54.6 Å². The Kier molecular flexibility index (Phi) is 8.83. The summed E-state index contributed by atoms with van der Waals surface area (Å²) >= 11 is -3.09. The monoisotopic (exact) mass is 551 g/mol. The van der Waals surface area contributed by atoms with E-state index in [1.165, 1.54) is 14.2 Å². The van der Waals surface area contributed by atoms with Gasteiger partial charge >= 0.3 is 211 Å². The van der Waals surface area contributed by atoms with Crippen molar-refractivity contribution in [3.05, 3.63) is 76.9 Å². The maximum atomic E-state index is 13.6. The second-order valence-corrected chi connectivity index (χ2v) is 12.6. The van der Waals surface area contributed by atoms with E-state index in [1.807, 2.05) is 13.8 Å². The van der Waals surface area contributed by atoms with Crippen LogP contribution in [-0.4, -0.2) is 56.9 Å². The minimum absolute atomic E-state index is 0.141. The Morgan fingerprint density at radius 1 is 1.11 bits per heavy atom. The van der Waals surface area contributed by atoms with Gasteiger partial charge in [0.15, 0.2) is 0 Å². The zero-order chi connectivity index (χ0) is 25.6. The second-order valence-electron chi connectivity index (χ2n) is 9.30. The average molecular weight is 551 g/mol. The molecular formula is C26H33NO7Se. The van der Waals surface area contributed by atoms with Crippen LogP contribution >= 0.6 is 0 Å². The van der Waals surface area contributed by atoms with Crippen molar-refractivity contribution in [1.82, 2.24) is 0 Å². The van der Waals surface area contributed by atoms with E-state index in [4.69, 9.17) is 18.9 Å². The molecule has 3 rings (SSSR count). The van der Waals surface area contributed by atoms with Crippen molar-refractivity contribution in [2.45, 2.75) is 43.3 Å². The molecule has 1 fully saturated rings. The maximum absolute atomic E-state index is 13.6. The van der Waals surface area contributed by atoms with E-state index >= 15 is 0 Å². The number of benzene rings is 2. The van der Waals surface area contributed by atoms with E-state index in [2.05, 4.69) is 6.58 Å². The first-order valence-corrected chi connectivity index (χ1v) is 13.9. The molecular weight excluding hydrogens is 517 g/mol. The van der Waals surface area contributed by atoms with Gasteiger partial charge in [0.2, 0.25) is 0 Å². The van der Waals surface area contributed by atoms with Gasteiger partial charge in [-0.05, 0) is 0 Å². The summed E-state index contributed by atoms with van der Waals surface area (Å²) in [5, 5.41) is 12.4. The third-order valence-electron chi connectivity index (χ3n) is 6.11. The van der Waals surface area contributed by atoms with Gasteiger partial charge in [0, 0.05) is 0 Å². The predicted octanol–water partition coefficient (Wildman–Crippen LogP) is 4.04. The fraction of sp³-hybridized carbons (Fsp3) is 0.462. The molecule has 3 unspecified atom stereocenters. The Bertz CT molecular complexity index is 1050. The van der Waals surface area contributed by atoms with Crippen molar-refractivity contribution in [1.29, 1.82) is 0 Å². The third-order valence-corrected chi connectivity index (χ3v) is 9.63. The van der Waals surface area contributed by atoms with Crippen molar-refractivity contribution in [2.24, 2.45) is 5.41 Å². The molecule has 0 amide bonds. The molecule has 1 aliphatic rings. The molecule has 8 nitrogen and oxygen atoms in total. The molecule has 0 bridgehead atoms. The second kappa shape index (κ2) is 11.4. The van der Waals surface area contributed by atoms with Crippen molar-refractivity contribution >= 4 is 18.3 Å². The molecule has 1 aliphatic heterocycles. The molecule has 190 valence electrons. The quantitative estimate of drug-likeness (QED) is 0.180. The summed E-state index contributed by atoms with van der Waals surface area (Å²) in [5.74, 6) is -0.790. The first kappa shape index (κ1) is 27.0. The molecule has 2 aromatic rings. The number of hydrogen-bond acceptors (Lipinski definition) is 7. The number of methoxy groups -OCH3 is 2. The molecule has 0 aromatic heterocycles. The molecule has 1 saturated heterocycles. The van der Waals surface area contributed by atoms with E-state index in [0.717, 1.165) is 0 Å². The van der Waals surface area contributed by atoms with Crippen LogP contribution in [0.15, 0.2) is 61.2 Å². The Labute approximate surface area is 210 Å². The number of ether oxygens (including phenoxy) is 4. The molecule has 0 saturated carbocycles. The van der Waals surface area contributed by atoms with Gasteiger partial charge in [-0.2, -0.15) is 0 Å². The summed E-state index contributed by atoms with van der Waals surface area (Å²) in [5.41, 5.74) is 0.499. The number of nitrogens with zero attached hydrogens (tertiary/aromatic N) is 1. The van der Waals surface area contributed by atoms with Crippen LogP contribution in [0.4, 0.5) is 0 Å². The predicted molar refractivity (Wildman–Crippen MR) is 133 cm³/mol. The van der Waals surface area contributed by atoms with Crippen molar-refractivity contribution in [2.75, 3.05) is 27.4 Å². The van der Waals surface area contributed by atoms with Gasteiger partial charge < -0.3 is 0 Å². The normalized spacial score (nSPS) is 19.2. The van der Waals surface area contributed by atoms with Gasteiger partial charge in [-0.1, -0.05) is 0 Å². The summed E-state index contributed by atoms with van der Waals surface area (Å²) in [6, 6.07) is 13.8. The first-order chi connectivity index (χ1) is 16.6. The topological polar surface area (TPSA) is 97.1 Å². The van der Waals surface area contributed by atoms with E-state index < -0.39 is 35.4 Å². The van der Waals surface area contributed by atoms with Gasteiger partial charge in [0.1, 0.15) is 0 Å². The molecule has 0 radical (unpaired) electrons. The fourth-order valence-corrected chi connectivity index (χ4v) is 7.11. The third kappa shape index (κ3) is 6.35. The number of hydrogen-bond donors (Lipinski definition) is 0. The molecule has 0 spiro atoms. The number of nitro groups is 1. The van der Waals surface area contributed by atoms with E-state index in [9.17, 15) is 13.9 Å². The Hall–Kier alpha value is -2.58. The molecule has 2 aromatic carbocycles. The van der Waals surface area contributed by atoms with Gasteiger partial charge in [-0.15, -0.1) is 0 Å². The molecule has 0 N–H and O–H groups in total. The van der Waals surface area contributed by atoms with Crippen LogP contribution in [0.3, 0.4) is 0 Å². The van der Waals surface area contributed by atoms with Crippen LogP contribution in [0.2, 0.25) is 0 Å². The van der Waals surface area contributed by atoms with Crippen LogP contribution in [0.1, 0.15) is 38.2 Å². The Balaban J connectivity index is 2.00. The summed E-state index contributed by atoms with van der Waals surface area (Å²) in [7, 11) is 3.03. The summed E-state index contributed by atoms with van der Waals surface area (Å²) < 4.78 is 37.0. The van der Waals surface area contributed by atoms with E-state index in [-0.39, 0.29) is 5.41 Å². The van der Waals surface area contributed by atoms with Crippen LogP contribution in [-0.2, 0) is 13.3 Å². The van der Waals surface area contributed by atoms with Crippen LogP contribution < -0.4 is 13.9 Å².